The van der Waals surface area contributed by atoms with Crippen LogP contribution in [0.25, 0.3) is 5.57 Å². The number of allylic oxidation sites excluding steroid dienone is 6. The fourth-order valence-electron chi connectivity index (χ4n) is 3.44. The molecule has 2 aromatic rings. The van der Waals surface area contributed by atoms with E-state index in [-0.39, 0.29) is 5.41 Å². The lowest BCUT2D eigenvalue weighted by Gasteiger charge is -2.31. The Hall–Kier alpha value is -2.34. The smallest absolute Gasteiger partial charge is 0.0363 e. The van der Waals surface area contributed by atoms with Gasteiger partial charge in [-0.05, 0) is 37.0 Å². The zero-order valence-corrected chi connectivity index (χ0v) is 13.3. The van der Waals surface area contributed by atoms with Crippen molar-refractivity contribution in [2.24, 2.45) is 5.41 Å². The molecule has 0 amide bonds. The molecule has 0 aliphatic heterocycles. The zero-order valence-electron chi connectivity index (χ0n) is 13.3. The summed E-state index contributed by atoms with van der Waals surface area (Å²) in [7, 11) is 0. The Morgan fingerprint density at radius 2 is 1.32 bits per heavy atom. The molecule has 2 aromatic carbocycles. The van der Waals surface area contributed by atoms with E-state index in [9.17, 15) is 0 Å². The van der Waals surface area contributed by atoms with Crippen LogP contribution in [0.4, 0.5) is 0 Å². The molecule has 1 aliphatic carbocycles. The molecule has 0 aromatic heterocycles. The average molecular weight is 286 g/mol. The molecule has 0 nitrogen and oxygen atoms in total. The Morgan fingerprint density at radius 3 is 1.86 bits per heavy atom. The second-order valence-electron chi connectivity index (χ2n) is 6.16. The van der Waals surface area contributed by atoms with Crippen LogP contribution in [0.1, 0.15) is 25.0 Å². The minimum Gasteiger partial charge on any atom is -0.0714 e. The van der Waals surface area contributed by atoms with E-state index in [1.54, 1.807) is 0 Å². The maximum atomic E-state index is 2.34. The van der Waals surface area contributed by atoms with Gasteiger partial charge in [0.05, 0.1) is 0 Å². The van der Waals surface area contributed by atoms with Gasteiger partial charge in [-0.1, -0.05) is 90.5 Å². The first kappa shape index (κ1) is 14.6. The predicted molar refractivity (Wildman–Crippen MR) is 95.6 cm³/mol. The number of rotatable bonds is 4. The highest BCUT2D eigenvalue weighted by Crippen LogP contribution is 2.45. The highest BCUT2D eigenvalue weighted by molar-refractivity contribution is 5.77. The van der Waals surface area contributed by atoms with Crippen LogP contribution < -0.4 is 0 Å². The molecular weight excluding hydrogens is 264 g/mol. The van der Waals surface area contributed by atoms with E-state index in [0.717, 1.165) is 6.42 Å². The maximum Gasteiger partial charge on any atom is 0.0363 e. The van der Waals surface area contributed by atoms with Crippen molar-refractivity contribution in [2.45, 2.75) is 20.3 Å². The fourth-order valence-corrected chi connectivity index (χ4v) is 3.44. The molecule has 1 aliphatic rings. The van der Waals surface area contributed by atoms with Crippen molar-refractivity contribution in [3.63, 3.8) is 0 Å². The molecular formula is C22H22. The largest absolute Gasteiger partial charge is 0.0714 e. The van der Waals surface area contributed by atoms with Gasteiger partial charge in [0.2, 0.25) is 0 Å². The summed E-state index contributed by atoms with van der Waals surface area (Å²) in [4.78, 5) is 0. The van der Waals surface area contributed by atoms with E-state index in [4.69, 9.17) is 0 Å². The molecule has 0 saturated carbocycles. The van der Waals surface area contributed by atoms with Crippen molar-refractivity contribution in [3.8, 4) is 0 Å². The second-order valence-corrected chi connectivity index (χ2v) is 6.16. The summed E-state index contributed by atoms with van der Waals surface area (Å²) in [6.07, 6.45) is 10.0. The summed E-state index contributed by atoms with van der Waals surface area (Å²) < 4.78 is 0. The van der Waals surface area contributed by atoms with Crippen LogP contribution in [-0.2, 0) is 6.42 Å². The lowest BCUT2D eigenvalue weighted by atomic mass is 9.72. The monoisotopic (exact) mass is 286 g/mol. The number of hydrogen-bond donors (Lipinski definition) is 0. The Kier molecular flexibility index (Phi) is 4.11. The predicted octanol–water partition coefficient (Wildman–Crippen LogP) is 5.84. The molecule has 0 bridgehead atoms. The summed E-state index contributed by atoms with van der Waals surface area (Å²) in [5, 5.41) is 0. The number of benzene rings is 2. The van der Waals surface area contributed by atoms with E-state index in [1.165, 1.54) is 22.3 Å². The Balaban J connectivity index is 2.09. The number of hydrogen-bond acceptors (Lipinski definition) is 0. The van der Waals surface area contributed by atoms with Gasteiger partial charge in [0.1, 0.15) is 0 Å². The van der Waals surface area contributed by atoms with Crippen LogP contribution in [0.15, 0.2) is 90.5 Å². The van der Waals surface area contributed by atoms with Gasteiger partial charge in [-0.3, -0.25) is 0 Å². The highest BCUT2D eigenvalue weighted by Gasteiger charge is 2.32. The minimum atomic E-state index is -0.0401. The first-order valence-corrected chi connectivity index (χ1v) is 7.86. The van der Waals surface area contributed by atoms with Gasteiger partial charge in [0, 0.05) is 5.41 Å². The van der Waals surface area contributed by atoms with Crippen molar-refractivity contribution in [3.05, 3.63) is 102 Å². The molecule has 0 atom stereocenters. The summed E-state index contributed by atoms with van der Waals surface area (Å²) in [6, 6.07) is 21.5. The molecule has 0 fully saturated rings. The van der Waals surface area contributed by atoms with Crippen LogP contribution >= 0.6 is 0 Å². The van der Waals surface area contributed by atoms with E-state index in [1.807, 2.05) is 0 Å². The Morgan fingerprint density at radius 1 is 0.773 bits per heavy atom. The van der Waals surface area contributed by atoms with Crippen molar-refractivity contribution in [1.82, 2.24) is 0 Å². The van der Waals surface area contributed by atoms with E-state index in [0.29, 0.717) is 0 Å². The molecule has 0 heterocycles. The third-order valence-corrected chi connectivity index (χ3v) is 4.27. The maximum absolute atomic E-state index is 2.34. The standard InChI is InChI=1S/C22H22/c1-18(2)21(20-13-7-4-8-14-20)22(15-9-10-16-22)17-19-11-5-3-6-12-19/h3-16H,17H2,1-2H3. The Bertz CT molecular complexity index is 699. The first-order chi connectivity index (χ1) is 10.7. The second kappa shape index (κ2) is 6.19. The third kappa shape index (κ3) is 2.82. The van der Waals surface area contributed by atoms with Gasteiger partial charge in [-0.2, -0.15) is 0 Å². The fraction of sp³-hybridized carbons (Fsp3) is 0.182. The SMILES string of the molecule is CC(C)=C(c1ccccc1)C1(Cc2ccccc2)C=CC=C1. The van der Waals surface area contributed by atoms with Crippen molar-refractivity contribution >= 4 is 5.57 Å². The lowest BCUT2D eigenvalue weighted by Crippen LogP contribution is -2.20. The van der Waals surface area contributed by atoms with Gasteiger partial charge >= 0.3 is 0 Å². The summed E-state index contributed by atoms with van der Waals surface area (Å²) >= 11 is 0. The zero-order chi connectivity index (χ0) is 15.4. The normalized spacial score (nSPS) is 15.0. The molecule has 0 saturated heterocycles. The van der Waals surface area contributed by atoms with Crippen LogP contribution in [-0.4, -0.2) is 0 Å². The average Bonchev–Trinajstić information content (AvgIpc) is 2.98. The Labute approximate surface area is 133 Å². The van der Waals surface area contributed by atoms with Crippen LogP contribution in [0.2, 0.25) is 0 Å². The molecule has 0 heteroatoms. The molecule has 22 heavy (non-hydrogen) atoms. The van der Waals surface area contributed by atoms with Gasteiger partial charge in [0.25, 0.3) is 0 Å². The quantitative estimate of drug-likeness (QED) is 0.663. The van der Waals surface area contributed by atoms with Crippen LogP contribution in [0.3, 0.4) is 0 Å². The van der Waals surface area contributed by atoms with Gasteiger partial charge < -0.3 is 0 Å². The highest BCUT2D eigenvalue weighted by atomic mass is 14.3. The molecule has 0 N–H and O–H groups in total. The molecule has 0 radical (unpaired) electrons. The summed E-state index contributed by atoms with van der Waals surface area (Å²) in [6.45, 7) is 4.43. The molecule has 0 spiro atoms. The van der Waals surface area contributed by atoms with Crippen LogP contribution in [0.5, 0.6) is 0 Å². The van der Waals surface area contributed by atoms with E-state index < -0.39 is 0 Å². The summed E-state index contributed by atoms with van der Waals surface area (Å²) in [5.41, 5.74) is 5.44. The topological polar surface area (TPSA) is 0 Å². The molecule has 3 rings (SSSR count). The van der Waals surface area contributed by atoms with Gasteiger partial charge in [-0.15, -0.1) is 0 Å². The van der Waals surface area contributed by atoms with E-state index >= 15 is 0 Å². The van der Waals surface area contributed by atoms with Gasteiger partial charge in [-0.25, -0.2) is 0 Å². The van der Waals surface area contributed by atoms with Crippen molar-refractivity contribution in [1.29, 1.82) is 0 Å². The molecule has 110 valence electrons. The minimum absolute atomic E-state index is 0.0401. The van der Waals surface area contributed by atoms with E-state index in [2.05, 4.69) is 98.8 Å². The first-order valence-electron chi connectivity index (χ1n) is 7.86. The summed E-state index contributed by atoms with van der Waals surface area (Å²) in [5.74, 6) is 0. The van der Waals surface area contributed by atoms with Crippen LogP contribution in [0, 0.1) is 5.41 Å². The van der Waals surface area contributed by atoms with Crippen molar-refractivity contribution < 1.29 is 0 Å². The van der Waals surface area contributed by atoms with Crippen molar-refractivity contribution in [2.75, 3.05) is 0 Å². The lowest BCUT2D eigenvalue weighted by molar-refractivity contribution is 0.651. The third-order valence-electron chi connectivity index (χ3n) is 4.27. The molecule has 0 unspecified atom stereocenters. The van der Waals surface area contributed by atoms with Gasteiger partial charge in [0.15, 0.2) is 0 Å².